The quantitative estimate of drug-likeness (QED) is 0.490. The zero-order valence-electron chi connectivity index (χ0n) is 9.28. The van der Waals surface area contributed by atoms with E-state index in [0.29, 0.717) is 19.8 Å². The third-order valence-corrected chi connectivity index (χ3v) is 2.44. The van der Waals surface area contributed by atoms with Crippen molar-refractivity contribution >= 4 is 11.8 Å². The van der Waals surface area contributed by atoms with E-state index >= 15 is 0 Å². The number of carbonyl (C=O) groups excluding carboxylic acids is 2. The van der Waals surface area contributed by atoms with Crippen LogP contribution in [0.5, 0.6) is 0 Å². The maximum atomic E-state index is 11.4. The van der Waals surface area contributed by atoms with Crippen LogP contribution in [0.15, 0.2) is 0 Å². The Labute approximate surface area is 89.8 Å². The normalized spacial score (nSPS) is 21.5. The summed E-state index contributed by atoms with van der Waals surface area (Å²) >= 11 is 0. The molecule has 2 amide bonds. The molecule has 5 nitrogen and oxygen atoms in total. The molecule has 0 spiro atoms. The van der Waals surface area contributed by atoms with Gasteiger partial charge in [-0.1, -0.05) is 0 Å². The number of likely N-dealkylation sites (tertiary alicyclic amines) is 1. The number of likely N-dealkylation sites (N-methyl/N-ethyl adjacent to an activating group) is 1. The highest BCUT2D eigenvalue weighted by Gasteiger charge is 2.35. The zero-order valence-corrected chi connectivity index (χ0v) is 9.28. The third kappa shape index (κ3) is 3.28. The van der Waals surface area contributed by atoms with E-state index in [1.165, 1.54) is 11.9 Å². The molecule has 86 valence electrons. The highest BCUT2D eigenvalue weighted by atomic mass is 16.5. The van der Waals surface area contributed by atoms with E-state index < -0.39 is 0 Å². The van der Waals surface area contributed by atoms with Gasteiger partial charge in [-0.15, -0.1) is 0 Å². The van der Waals surface area contributed by atoms with Crippen molar-refractivity contribution in [2.45, 2.75) is 25.8 Å². The molecular weight excluding hydrogens is 196 g/mol. The lowest BCUT2D eigenvalue weighted by atomic mass is 10.2. The van der Waals surface area contributed by atoms with Crippen LogP contribution in [0.25, 0.3) is 0 Å². The fourth-order valence-corrected chi connectivity index (χ4v) is 1.51. The molecule has 0 radical (unpaired) electrons. The molecule has 1 atom stereocenters. The van der Waals surface area contributed by atoms with Gasteiger partial charge >= 0.3 is 0 Å². The summed E-state index contributed by atoms with van der Waals surface area (Å²) in [4.78, 5) is 23.8. The van der Waals surface area contributed by atoms with E-state index in [0.717, 1.165) is 6.42 Å². The molecule has 0 aromatic heterocycles. The minimum Gasteiger partial charge on any atom is -0.382 e. The number of hydrogen-bond acceptors (Lipinski definition) is 4. The van der Waals surface area contributed by atoms with Crippen molar-refractivity contribution in [3.05, 3.63) is 0 Å². The van der Waals surface area contributed by atoms with Gasteiger partial charge in [-0.25, -0.2) is 0 Å². The summed E-state index contributed by atoms with van der Waals surface area (Å²) in [6.07, 6.45) is 1.14. The Bertz CT molecular complexity index is 243. The van der Waals surface area contributed by atoms with Gasteiger partial charge in [0.25, 0.3) is 0 Å². The summed E-state index contributed by atoms with van der Waals surface area (Å²) < 4.78 is 5.17. The molecule has 1 fully saturated rings. The molecule has 1 aliphatic heterocycles. The van der Waals surface area contributed by atoms with E-state index in [9.17, 15) is 9.59 Å². The van der Waals surface area contributed by atoms with E-state index in [-0.39, 0.29) is 24.3 Å². The SMILES string of the molecule is CCOCCCNC1CC(=O)N(C)C1=O. The second-order valence-electron chi connectivity index (χ2n) is 3.55. The first-order valence-electron chi connectivity index (χ1n) is 5.28. The van der Waals surface area contributed by atoms with Gasteiger partial charge in [0.1, 0.15) is 0 Å². The first kappa shape index (κ1) is 12.1. The van der Waals surface area contributed by atoms with E-state index in [1.54, 1.807) is 0 Å². The van der Waals surface area contributed by atoms with E-state index in [4.69, 9.17) is 4.74 Å². The summed E-state index contributed by atoms with van der Waals surface area (Å²) in [6.45, 7) is 4.05. The van der Waals surface area contributed by atoms with Crippen LogP contribution < -0.4 is 5.32 Å². The average Bonchev–Trinajstić information content (AvgIpc) is 2.46. The third-order valence-electron chi connectivity index (χ3n) is 2.44. The Balaban J connectivity index is 2.17. The van der Waals surface area contributed by atoms with Crippen molar-refractivity contribution < 1.29 is 14.3 Å². The van der Waals surface area contributed by atoms with Crippen LogP contribution in [-0.2, 0) is 14.3 Å². The molecule has 1 N–H and O–H groups in total. The number of nitrogens with one attached hydrogen (secondary N) is 1. The van der Waals surface area contributed by atoms with Crippen molar-refractivity contribution in [1.29, 1.82) is 0 Å². The molecule has 0 aromatic carbocycles. The fourth-order valence-electron chi connectivity index (χ4n) is 1.51. The molecule has 5 heteroatoms. The number of carbonyl (C=O) groups is 2. The summed E-state index contributed by atoms with van der Waals surface area (Å²) in [5.74, 6) is -0.237. The number of ether oxygens (including phenoxy) is 1. The molecule has 15 heavy (non-hydrogen) atoms. The second-order valence-corrected chi connectivity index (χ2v) is 3.55. The maximum Gasteiger partial charge on any atom is 0.246 e. The topological polar surface area (TPSA) is 58.6 Å². The second kappa shape index (κ2) is 5.82. The Morgan fingerprint density at radius 1 is 1.53 bits per heavy atom. The number of imide groups is 1. The van der Waals surface area contributed by atoms with Crippen LogP contribution in [0, 0.1) is 0 Å². The molecule has 0 aromatic rings. The Kier molecular flexibility index (Phi) is 4.71. The van der Waals surface area contributed by atoms with Crippen molar-refractivity contribution in [3.63, 3.8) is 0 Å². The first-order chi connectivity index (χ1) is 7.16. The summed E-state index contributed by atoms with van der Waals surface area (Å²) in [6, 6.07) is -0.330. The number of rotatable bonds is 6. The monoisotopic (exact) mass is 214 g/mol. The van der Waals surface area contributed by atoms with Gasteiger partial charge in [0, 0.05) is 20.3 Å². The van der Waals surface area contributed by atoms with Crippen molar-refractivity contribution in [3.8, 4) is 0 Å². The molecule has 1 heterocycles. The van der Waals surface area contributed by atoms with Gasteiger partial charge in [0.05, 0.1) is 12.5 Å². The number of hydrogen-bond donors (Lipinski definition) is 1. The van der Waals surface area contributed by atoms with Crippen LogP contribution >= 0.6 is 0 Å². The highest BCUT2D eigenvalue weighted by molar-refractivity contribution is 6.05. The molecule has 1 saturated heterocycles. The van der Waals surface area contributed by atoms with Crippen molar-refractivity contribution in [1.82, 2.24) is 10.2 Å². The smallest absolute Gasteiger partial charge is 0.246 e. The Morgan fingerprint density at radius 3 is 2.80 bits per heavy atom. The molecule has 0 bridgehead atoms. The Morgan fingerprint density at radius 2 is 2.27 bits per heavy atom. The summed E-state index contributed by atoms with van der Waals surface area (Å²) in [7, 11) is 1.52. The van der Waals surface area contributed by atoms with Crippen LogP contribution in [0.3, 0.4) is 0 Å². The average molecular weight is 214 g/mol. The van der Waals surface area contributed by atoms with Crippen LogP contribution in [-0.4, -0.2) is 49.6 Å². The molecule has 0 aliphatic carbocycles. The number of nitrogens with zero attached hydrogens (tertiary/aromatic N) is 1. The van der Waals surface area contributed by atoms with Crippen LogP contribution in [0.4, 0.5) is 0 Å². The molecule has 0 saturated carbocycles. The predicted molar refractivity (Wildman–Crippen MR) is 55.3 cm³/mol. The first-order valence-corrected chi connectivity index (χ1v) is 5.28. The van der Waals surface area contributed by atoms with E-state index in [2.05, 4.69) is 5.32 Å². The predicted octanol–water partition coefficient (Wildman–Crippen LogP) is -0.240. The molecule has 1 rings (SSSR count). The van der Waals surface area contributed by atoms with Crippen LogP contribution in [0.1, 0.15) is 19.8 Å². The lowest BCUT2D eigenvalue weighted by Crippen LogP contribution is -2.37. The van der Waals surface area contributed by atoms with Gasteiger partial charge in [-0.05, 0) is 19.9 Å². The van der Waals surface area contributed by atoms with Gasteiger partial charge in [-0.3, -0.25) is 14.5 Å². The standard InChI is InChI=1S/C10H18N2O3/c1-3-15-6-4-5-11-8-7-9(13)12(2)10(8)14/h8,11H,3-7H2,1-2H3. The molecule has 1 aliphatic rings. The fraction of sp³-hybridized carbons (Fsp3) is 0.800. The maximum absolute atomic E-state index is 11.4. The minimum atomic E-state index is -0.330. The van der Waals surface area contributed by atoms with Gasteiger partial charge < -0.3 is 10.1 Å². The summed E-state index contributed by atoms with van der Waals surface area (Å²) in [5, 5.41) is 3.06. The number of amides is 2. The van der Waals surface area contributed by atoms with Crippen molar-refractivity contribution in [2.24, 2.45) is 0 Å². The van der Waals surface area contributed by atoms with E-state index in [1.807, 2.05) is 6.92 Å². The summed E-state index contributed by atoms with van der Waals surface area (Å²) in [5.41, 5.74) is 0. The van der Waals surface area contributed by atoms with Gasteiger partial charge in [0.15, 0.2) is 0 Å². The van der Waals surface area contributed by atoms with Crippen LogP contribution in [0.2, 0.25) is 0 Å². The van der Waals surface area contributed by atoms with Gasteiger partial charge in [-0.2, -0.15) is 0 Å². The lowest BCUT2D eigenvalue weighted by Gasteiger charge is -2.10. The van der Waals surface area contributed by atoms with Crippen molar-refractivity contribution in [2.75, 3.05) is 26.8 Å². The molecule has 1 unspecified atom stereocenters. The molecular formula is C10H18N2O3. The zero-order chi connectivity index (χ0) is 11.3. The largest absolute Gasteiger partial charge is 0.382 e. The highest BCUT2D eigenvalue weighted by Crippen LogP contribution is 2.09. The Hall–Kier alpha value is -0.940. The minimum absolute atomic E-state index is 0.109. The van der Waals surface area contributed by atoms with Gasteiger partial charge in [0.2, 0.25) is 11.8 Å². The lowest BCUT2D eigenvalue weighted by molar-refractivity contribution is -0.137.